The molecule has 1 saturated heterocycles. The maximum atomic E-state index is 12.8. The number of ether oxygens (including phenoxy) is 1. The van der Waals surface area contributed by atoms with Gasteiger partial charge in [0, 0.05) is 25.2 Å². The quantitative estimate of drug-likeness (QED) is 0.824. The summed E-state index contributed by atoms with van der Waals surface area (Å²) in [7, 11) is -3.64. The molecule has 1 N–H and O–H groups in total. The van der Waals surface area contributed by atoms with E-state index >= 15 is 0 Å². The van der Waals surface area contributed by atoms with Crippen molar-refractivity contribution in [2.24, 2.45) is 0 Å². The summed E-state index contributed by atoms with van der Waals surface area (Å²) in [6.45, 7) is 5.71. The number of carbonyl (C=O) groups excluding carboxylic acids is 1. The molecular formula is C16H24N2O4S. The normalized spacial score (nSPS) is 15.6. The predicted octanol–water partition coefficient (Wildman–Crippen LogP) is 2.01. The van der Waals surface area contributed by atoms with Crippen LogP contribution in [0.4, 0.5) is 0 Å². The zero-order valence-corrected chi connectivity index (χ0v) is 14.5. The number of benzene rings is 1. The molecule has 0 atom stereocenters. The Morgan fingerprint density at radius 3 is 2.57 bits per heavy atom. The Kier molecular flexibility index (Phi) is 6.01. The largest absolute Gasteiger partial charge is 0.492 e. The van der Waals surface area contributed by atoms with Crippen LogP contribution in [0.3, 0.4) is 0 Å². The Balaban J connectivity index is 2.39. The zero-order chi connectivity index (χ0) is 16.9. The fourth-order valence-corrected chi connectivity index (χ4v) is 4.21. The molecule has 2 rings (SSSR count). The van der Waals surface area contributed by atoms with E-state index < -0.39 is 10.0 Å². The highest BCUT2D eigenvalue weighted by Gasteiger charge is 2.30. The molecule has 0 radical (unpaired) electrons. The first-order valence-corrected chi connectivity index (χ1v) is 9.50. The average Bonchev–Trinajstić information content (AvgIpc) is 3.08. The Hall–Kier alpha value is -1.60. The lowest BCUT2D eigenvalue weighted by atomic mass is 10.2. The second-order valence-electron chi connectivity index (χ2n) is 5.46. The van der Waals surface area contributed by atoms with Gasteiger partial charge in [0.05, 0.1) is 6.61 Å². The Morgan fingerprint density at radius 2 is 1.96 bits per heavy atom. The van der Waals surface area contributed by atoms with E-state index in [1.165, 1.54) is 10.4 Å². The number of hydrogen-bond acceptors (Lipinski definition) is 4. The molecule has 0 bridgehead atoms. The van der Waals surface area contributed by atoms with E-state index in [9.17, 15) is 13.2 Å². The summed E-state index contributed by atoms with van der Waals surface area (Å²) in [5.41, 5.74) is 0.333. The van der Waals surface area contributed by atoms with Gasteiger partial charge in [0.2, 0.25) is 10.0 Å². The van der Waals surface area contributed by atoms with Crippen LogP contribution in [-0.4, -0.2) is 44.9 Å². The van der Waals surface area contributed by atoms with Crippen molar-refractivity contribution in [3.63, 3.8) is 0 Å². The molecule has 0 spiro atoms. The predicted molar refractivity (Wildman–Crippen MR) is 88.2 cm³/mol. The number of nitrogens with one attached hydrogen (secondary N) is 1. The number of carbonyl (C=O) groups is 1. The second kappa shape index (κ2) is 7.79. The van der Waals surface area contributed by atoms with Crippen LogP contribution in [0.2, 0.25) is 0 Å². The highest BCUT2D eigenvalue weighted by Crippen LogP contribution is 2.30. The maximum absolute atomic E-state index is 12.8. The molecule has 1 fully saturated rings. The lowest BCUT2D eigenvalue weighted by Crippen LogP contribution is -2.29. The highest BCUT2D eigenvalue weighted by atomic mass is 32.2. The second-order valence-corrected chi connectivity index (χ2v) is 7.37. The van der Waals surface area contributed by atoms with Gasteiger partial charge in [-0.25, -0.2) is 8.42 Å². The van der Waals surface area contributed by atoms with Gasteiger partial charge in [-0.2, -0.15) is 4.31 Å². The molecule has 1 aliphatic heterocycles. The van der Waals surface area contributed by atoms with Crippen LogP contribution in [-0.2, 0) is 10.0 Å². The van der Waals surface area contributed by atoms with E-state index in [2.05, 4.69) is 5.32 Å². The van der Waals surface area contributed by atoms with Gasteiger partial charge in [-0.15, -0.1) is 0 Å². The van der Waals surface area contributed by atoms with Gasteiger partial charge in [-0.3, -0.25) is 4.79 Å². The topological polar surface area (TPSA) is 75.7 Å². The molecule has 1 heterocycles. The molecular weight excluding hydrogens is 316 g/mol. The minimum absolute atomic E-state index is 0.0744. The van der Waals surface area contributed by atoms with Crippen LogP contribution in [0.25, 0.3) is 0 Å². The third-order valence-electron chi connectivity index (χ3n) is 3.72. The van der Waals surface area contributed by atoms with Crippen molar-refractivity contribution in [2.45, 2.75) is 38.0 Å². The first kappa shape index (κ1) is 17.7. The monoisotopic (exact) mass is 340 g/mol. The molecule has 0 unspecified atom stereocenters. The van der Waals surface area contributed by atoms with Crippen molar-refractivity contribution < 1.29 is 17.9 Å². The Labute approximate surface area is 137 Å². The van der Waals surface area contributed by atoms with Crippen LogP contribution in [0, 0.1) is 0 Å². The van der Waals surface area contributed by atoms with Crippen molar-refractivity contribution in [3.8, 4) is 5.75 Å². The van der Waals surface area contributed by atoms with Crippen molar-refractivity contribution in [2.75, 3.05) is 26.2 Å². The Morgan fingerprint density at radius 1 is 1.26 bits per heavy atom. The summed E-state index contributed by atoms with van der Waals surface area (Å²) < 4.78 is 32.6. The zero-order valence-electron chi connectivity index (χ0n) is 13.7. The third-order valence-corrected chi connectivity index (χ3v) is 5.64. The summed E-state index contributed by atoms with van der Waals surface area (Å²) in [6, 6.07) is 4.58. The molecule has 7 heteroatoms. The lowest BCUT2D eigenvalue weighted by molar-refractivity contribution is 0.0953. The summed E-state index contributed by atoms with van der Waals surface area (Å²) in [5.74, 6) is 0.0270. The van der Waals surface area contributed by atoms with Gasteiger partial charge in [0.1, 0.15) is 10.6 Å². The van der Waals surface area contributed by atoms with E-state index in [1.807, 2.05) is 6.92 Å². The number of rotatable bonds is 7. The van der Waals surface area contributed by atoms with Crippen LogP contribution in [0.15, 0.2) is 23.1 Å². The van der Waals surface area contributed by atoms with E-state index in [-0.39, 0.29) is 10.8 Å². The van der Waals surface area contributed by atoms with Crippen LogP contribution < -0.4 is 10.1 Å². The third kappa shape index (κ3) is 4.03. The minimum Gasteiger partial charge on any atom is -0.492 e. The Bertz CT molecular complexity index is 652. The molecule has 0 aliphatic carbocycles. The fraction of sp³-hybridized carbons (Fsp3) is 0.562. The van der Waals surface area contributed by atoms with Gasteiger partial charge in [0.15, 0.2) is 0 Å². The standard InChI is InChI=1S/C16H24N2O4S/c1-3-9-17-16(19)13-7-8-14(22-4-2)15(12-13)23(20,21)18-10-5-6-11-18/h7-8,12H,3-6,9-11H2,1-2H3,(H,17,19). The summed E-state index contributed by atoms with van der Waals surface area (Å²) in [6.07, 6.45) is 2.54. The van der Waals surface area contributed by atoms with Crippen LogP contribution >= 0.6 is 0 Å². The van der Waals surface area contributed by atoms with Crippen molar-refractivity contribution in [1.82, 2.24) is 9.62 Å². The van der Waals surface area contributed by atoms with E-state index in [1.54, 1.807) is 19.1 Å². The molecule has 1 aromatic carbocycles. The van der Waals surface area contributed by atoms with Gasteiger partial charge < -0.3 is 10.1 Å². The first-order chi connectivity index (χ1) is 11.0. The smallest absolute Gasteiger partial charge is 0.251 e. The first-order valence-electron chi connectivity index (χ1n) is 8.06. The summed E-state index contributed by atoms with van der Waals surface area (Å²) in [4.78, 5) is 12.2. The highest BCUT2D eigenvalue weighted by molar-refractivity contribution is 7.89. The average molecular weight is 340 g/mol. The molecule has 1 amide bonds. The number of nitrogens with zero attached hydrogens (tertiary/aromatic N) is 1. The molecule has 1 aliphatic rings. The summed E-state index contributed by atoms with van der Waals surface area (Å²) >= 11 is 0. The number of sulfonamides is 1. The van der Waals surface area contributed by atoms with Gasteiger partial charge in [-0.05, 0) is 44.4 Å². The molecule has 0 aromatic heterocycles. The van der Waals surface area contributed by atoms with E-state index in [4.69, 9.17) is 4.74 Å². The van der Waals surface area contributed by atoms with Gasteiger partial charge in [-0.1, -0.05) is 6.92 Å². The van der Waals surface area contributed by atoms with Crippen molar-refractivity contribution in [3.05, 3.63) is 23.8 Å². The van der Waals surface area contributed by atoms with Crippen LogP contribution in [0.1, 0.15) is 43.5 Å². The molecule has 23 heavy (non-hydrogen) atoms. The lowest BCUT2D eigenvalue weighted by Gasteiger charge is -2.18. The number of hydrogen-bond donors (Lipinski definition) is 1. The molecule has 1 aromatic rings. The number of amides is 1. The van der Waals surface area contributed by atoms with Gasteiger partial charge in [0.25, 0.3) is 5.91 Å². The maximum Gasteiger partial charge on any atom is 0.251 e. The van der Waals surface area contributed by atoms with Gasteiger partial charge >= 0.3 is 0 Å². The molecule has 6 nitrogen and oxygen atoms in total. The van der Waals surface area contributed by atoms with E-state index in [0.717, 1.165) is 19.3 Å². The molecule has 128 valence electrons. The van der Waals surface area contributed by atoms with Crippen molar-refractivity contribution in [1.29, 1.82) is 0 Å². The summed E-state index contributed by atoms with van der Waals surface area (Å²) in [5, 5.41) is 2.76. The van der Waals surface area contributed by atoms with Crippen molar-refractivity contribution >= 4 is 15.9 Å². The molecule has 0 saturated carbocycles. The van der Waals surface area contributed by atoms with Crippen LogP contribution in [0.5, 0.6) is 5.75 Å². The van der Waals surface area contributed by atoms with E-state index in [0.29, 0.717) is 37.6 Å². The fourth-order valence-electron chi connectivity index (χ4n) is 2.53. The SMILES string of the molecule is CCCNC(=O)c1ccc(OCC)c(S(=O)(=O)N2CCCC2)c1. The minimum atomic E-state index is -3.64.